The molecule has 0 radical (unpaired) electrons. The molecule has 2 amide bonds. The van der Waals surface area contributed by atoms with E-state index in [1.54, 1.807) is 55.6 Å². The molecule has 0 spiro atoms. The first-order valence-electron chi connectivity index (χ1n) is 20.2. The maximum atomic E-state index is 13.6. The van der Waals surface area contributed by atoms with E-state index < -0.39 is 0 Å². The molecule has 0 saturated carbocycles. The van der Waals surface area contributed by atoms with Crippen LogP contribution in [0.15, 0.2) is 76.7 Å². The minimum Gasteiger partial charge on any atom is -0.493 e. The van der Waals surface area contributed by atoms with Gasteiger partial charge in [-0.2, -0.15) is 0 Å². The van der Waals surface area contributed by atoms with E-state index in [9.17, 15) is 19.5 Å². The number of ketones is 1. The van der Waals surface area contributed by atoms with Crippen molar-refractivity contribution >= 4 is 41.4 Å². The van der Waals surface area contributed by atoms with Crippen molar-refractivity contribution in [2.45, 2.75) is 77.4 Å². The van der Waals surface area contributed by atoms with Crippen molar-refractivity contribution in [3.05, 3.63) is 100 Å². The number of hydrogen-bond donors (Lipinski definition) is 1. The fourth-order valence-electron chi connectivity index (χ4n) is 8.03. The van der Waals surface area contributed by atoms with Gasteiger partial charge in [0, 0.05) is 48.8 Å². The van der Waals surface area contributed by atoms with Crippen LogP contribution in [0.3, 0.4) is 0 Å². The van der Waals surface area contributed by atoms with E-state index >= 15 is 0 Å². The Kier molecular flexibility index (Phi) is 11.9. The number of aliphatic hydroxyl groups excluding tert-OH is 1. The molecule has 306 valence electrons. The minimum atomic E-state index is -0.320. The van der Waals surface area contributed by atoms with E-state index in [1.807, 2.05) is 40.4 Å². The van der Waals surface area contributed by atoms with E-state index in [-0.39, 0.29) is 62.7 Å². The molecule has 4 aromatic carbocycles. The Hall–Kier alpha value is -6.21. The number of methoxy groups -OCH3 is 1. The van der Waals surface area contributed by atoms with E-state index in [2.05, 4.69) is 4.99 Å². The molecule has 2 fully saturated rings. The SMILES string of the molecule is COc1cc2c(cc1OCc1cc(COc3cc4c(cc3CO)C(=O)N3CCCC[C@H]3C=N4)cc(OCCOc3ccc(C(C)=O)cc3)c1)N=C[C@@H]1CCCCN1C2=O. The summed E-state index contributed by atoms with van der Waals surface area (Å²) >= 11 is 0. The lowest BCUT2D eigenvalue weighted by atomic mass is 10.0. The molecule has 4 aromatic rings. The van der Waals surface area contributed by atoms with Gasteiger partial charge in [0.05, 0.1) is 48.3 Å². The maximum absolute atomic E-state index is 13.6. The van der Waals surface area contributed by atoms with Crippen molar-refractivity contribution in [3.8, 4) is 28.7 Å². The molecule has 0 bridgehead atoms. The van der Waals surface area contributed by atoms with E-state index in [1.165, 1.54) is 6.92 Å². The zero-order valence-corrected chi connectivity index (χ0v) is 33.4. The summed E-state index contributed by atoms with van der Waals surface area (Å²) in [5.74, 6) is 2.29. The molecule has 0 unspecified atom stereocenters. The average molecular weight is 801 g/mol. The molecule has 1 N–H and O–H groups in total. The van der Waals surface area contributed by atoms with Crippen LogP contribution in [0.25, 0.3) is 0 Å². The summed E-state index contributed by atoms with van der Waals surface area (Å²) in [6.07, 6.45) is 9.47. The highest BCUT2D eigenvalue weighted by Gasteiger charge is 2.32. The van der Waals surface area contributed by atoms with Crippen molar-refractivity contribution in [3.63, 3.8) is 0 Å². The number of fused-ring (bicyclic) bond motifs is 4. The molecule has 13 heteroatoms. The summed E-state index contributed by atoms with van der Waals surface area (Å²) in [6, 6.07) is 19.4. The molecule has 4 aliphatic heterocycles. The zero-order chi connectivity index (χ0) is 40.9. The molecule has 2 atom stereocenters. The first-order valence-corrected chi connectivity index (χ1v) is 20.2. The number of rotatable bonds is 14. The molecule has 13 nitrogen and oxygen atoms in total. The van der Waals surface area contributed by atoms with Crippen LogP contribution in [0.5, 0.6) is 28.7 Å². The normalized spacial score (nSPS) is 18.2. The summed E-state index contributed by atoms with van der Waals surface area (Å²) < 4.78 is 30.5. The van der Waals surface area contributed by atoms with Gasteiger partial charge in [-0.1, -0.05) is 0 Å². The average Bonchev–Trinajstić information content (AvgIpc) is 3.49. The largest absolute Gasteiger partial charge is 0.493 e. The molecular weight excluding hydrogens is 753 g/mol. The second-order valence-corrected chi connectivity index (χ2v) is 15.2. The van der Waals surface area contributed by atoms with Crippen LogP contribution in [0.4, 0.5) is 11.4 Å². The molecule has 0 aromatic heterocycles. The Bertz CT molecular complexity index is 2170. The number of amides is 2. The van der Waals surface area contributed by atoms with Gasteiger partial charge < -0.3 is 38.6 Å². The molecule has 59 heavy (non-hydrogen) atoms. The third-order valence-corrected chi connectivity index (χ3v) is 11.2. The van der Waals surface area contributed by atoms with Gasteiger partial charge in [-0.15, -0.1) is 0 Å². The van der Waals surface area contributed by atoms with Gasteiger partial charge in [-0.25, -0.2) is 0 Å². The van der Waals surface area contributed by atoms with Crippen LogP contribution in [0.1, 0.15) is 93.2 Å². The topological polar surface area (TPSA) is 149 Å². The molecule has 2 saturated heterocycles. The number of nitrogens with zero attached hydrogens (tertiary/aromatic N) is 4. The highest BCUT2D eigenvalue weighted by atomic mass is 16.5. The van der Waals surface area contributed by atoms with Gasteiger partial charge in [0.1, 0.15) is 43.7 Å². The Balaban J connectivity index is 1.02. The van der Waals surface area contributed by atoms with Crippen LogP contribution in [0, 0.1) is 0 Å². The predicted octanol–water partition coefficient (Wildman–Crippen LogP) is 7.43. The predicted molar refractivity (Wildman–Crippen MR) is 222 cm³/mol. The number of carbonyl (C=O) groups is 3. The number of benzene rings is 4. The summed E-state index contributed by atoms with van der Waals surface area (Å²) in [7, 11) is 1.54. The van der Waals surface area contributed by atoms with Crippen molar-refractivity contribution in [1.82, 2.24) is 9.80 Å². The summed E-state index contributed by atoms with van der Waals surface area (Å²) in [5.41, 5.74) is 4.60. The number of Topliss-reactive ketones (excluding diaryl/α,β-unsaturated/α-hetero) is 1. The lowest BCUT2D eigenvalue weighted by Gasteiger charge is -2.32. The number of ether oxygens (including phenoxy) is 5. The van der Waals surface area contributed by atoms with Crippen LogP contribution in [-0.4, -0.2) is 90.4 Å². The van der Waals surface area contributed by atoms with Gasteiger partial charge in [-0.3, -0.25) is 24.4 Å². The van der Waals surface area contributed by atoms with Gasteiger partial charge in [0.2, 0.25) is 0 Å². The molecule has 4 heterocycles. The highest BCUT2D eigenvalue weighted by Crippen LogP contribution is 2.39. The number of aliphatic hydroxyl groups is 1. The van der Waals surface area contributed by atoms with Crippen molar-refractivity contribution in [2.75, 3.05) is 33.4 Å². The van der Waals surface area contributed by atoms with Gasteiger partial charge >= 0.3 is 0 Å². The second-order valence-electron chi connectivity index (χ2n) is 15.2. The quantitative estimate of drug-likeness (QED) is 0.102. The van der Waals surface area contributed by atoms with Crippen LogP contribution in [0.2, 0.25) is 0 Å². The van der Waals surface area contributed by atoms with Crippen LogP contribution < -0.4 is 23.7 Å². The van der Waals surface area contributed by atoms with Gasteiger partial charge in [0.25, 0.3) is 11.8 Å². The Morgan fingerprint density at radius 3 is 1.81 bits per heavy atom. The first kappa shape index (κ1) is 39.6. The monoisotopic (exact) mass is 800 g/mol. The smallest absolute Gasteiger partial charge is 0.256 e. The highest BCUT2D eigenvalue weighted by molar-refractivity contribution is 6.04. The third-order valence-electron chi connectivity index (χ3n) is 11.2. The Morgan fingerprint density at radius 2 is 1.24 bits per heavy atom. The molecular formula is C46H48N4O9. The van der Waals surface area contributed by atoms with E-state index in [0.717, 1.165) is 49.7 Å². The lowest BCUT2D eigenvalue weighted by molar-refractivity contribution is 0.0680. The van der Waals surface area contributed by atoms with E-state index in [4.69, 9.17) is 28.7 Å². The second kappa shape index (κ2) is 17.7. The third kappa shape index (κ3) is 8.80. The van der Waals surface area contributed by atoms with E-state index in [0.29, 0.717) is 75.5 Å². The molecule has 0 aliphatic carbocycles. The standard InChI is InChI=1S/C46H48N4O9/c1-29(52)32-9-11-36(12-10-32)56-15-16-57-37-18-30(27-58-42-22-40-38(20-33(42)26-51)45(53)49-13-5-3-7-34(49)24-47-40)17-31(19-37)28-59-44-23-41-39(21-43(44)55-2)46(54)50-14-6-4-8-35(50)25-48-41/h9-12,17-25,34-35,51H,3-8,13-16,26-28H2,1-2H3/t34-,35-/m0/s1. The van der Waals surface area contributed by atoms with Crippen LogP contribution in [-0.2, 0) is 19.8 Å². The molecule has 4 aliphatic rings. The van der Waals surface area contributed by atoms with Crippen molar-refractivity contribution in [1.29, 1.82) is 0 Å². The number of aliphatic imine (C=N–C) groups is 2. The number of hydrogen-bond acceptors (Lipinski definition) is 11. The zero-order valence-electron chi connectivity index (χ0n) is 33.4. The fourth-order valence-corrected chi connectivity index (χ4v) is 8.03. The summed E-state index contributed by atoms with van der Waals surface area (Å²) in [4.78, 5) is 51.9. The van der Waals surface area contributed by atoms with Gasteiger partial charge in [0.15, 0.2) is 17.3 Å². The van der Waals surface area contributed by atoms with Crippen molar-refractivity contribution < 1.29 is 43.2 Å². The summed E-state index contributed by atoms with van der Waals surface area (Å²) in [6.45, 7) is 3.29. The fraction of sp³-hybridized carbons (Fsp3) is 0.370. The lowest BCUT2D eigenvalue weighted by Crippen LogP contribution is -2.43. The van der Waals surface area contributed by atoms with Crippen LogP contribution >= 0.6 is 0 Å². The number of piperidine rings is 2. The summed E-state index contributed by atoms with van der Waals surface area (Å²) in [5, 5.41) is 10.4. The maximum Gasteiger partial charge on any atom is 0.256 e. The van der Waals surface area contributed by atoms with Gasteiger partial charge in [-0.05, 0) is 111 Å². The number of carbonyl (C=O) groups excluding carboxylic acids is 3. The molecule has 8 rings (SSSR count). The Labute approximate surface area is 343 Å². The van der Waals surface area contributed by atoms with Crippen molar-refractivity contribution in [2.24, 2.45) is 9.98 Å². The minimum absolute atomic E-state index is 0.0164. The Morgan fingerprint density at radius 1 is 0.678 bits per heavy atom. The first-order chi connectivity index (χ1) is 28.8.